The van der Waals surface area contributed by atoms with Crippen LogP contribution in [0.3, 0.4) is 0 Å². The standard InChI is InChI=1S/C12H25N3O/c1-2-11-6-5-9-15(10-11)8-4-3-7-12(13)14-16/h11,16H,2-10H2,1H3,(H2,13,14). The molecule has 16 heavy (non-hydrogen) atoms. The van der Waals surface area contributed by atoms with Gasteiger partial charge in [0.05, 0.1) is 0 Å². The molecule has 0 aromatic heterocycles. The van der Waals surface area contributed by atoms with Crippen LogP contribution in [0.1, 0.15) is 45.4 Å². The molecule has 94 valence electrons. The van der Waals surface area contributed by atoms with Crippen LogP contribution in [0.15, 0.2) is 5.16 Å². The number of nitrogens with zero attached hydrogens (tertiary/aromatic N) is 2. The van der Waals surface area contributed by atoms with E-state index in [1.807, 2.05) is 0 Å². The minimum absolute atomic E-state index is 0.352. The molecule has 4 nitrogen and oxygen atoms in total. The number of amidine groups is 1. The van der Waals surface area contributed by atoms with Gasteiger partial charge in [0.1, 0.15) is 5.84 Å². The highest BCUT2D eigenvalue weighted by Crippen LogP contribution is 2.19. The quantitative estimate of drug-likeness (QED) is 0.240. The maximum atomic E-state index is 8.40. The Kier molecular flexibility index (Phi) is 6.23. The molecule has 0 amide bonds. The van der Waals surface area contributed by atoms with Crippen LogP contribution in [0.4, 0.5) is 0 Å². The van der Waals surface area contributed by atoms with Crippen LogP contribution in [0.2, 0.25) is 0 Å². The number of likely N-dealkylation sites (tertiary alicyclic amines) is 1. The van der Waals surface area contributed by atoms with Gasteiger partial charge in [0, 0.05) is 13.0 Å². The molecule has 0 radical (unpaired) electrons. The zero-order valence-electron chi connectivity index (χ0n) is 10.4. The first-order valence-corrected chi connectivity index (χ1v) is 6.45. The summed E-state index contributed by atoms with van der Waals surface area (Å²) in [5.74, 6) is 1.25. The van der Waals surface area contributed by atoms with E-state index in [0.717, 1.165) is 25.3 Å². The second-order valence-corrected chi connectivity index (χ2v) is 4.77. The Labute approximate surface area is 98.5 Å². The fraction of sp³-hybridized carbons (Fsp3) is 0.917. The Balaban J connectivity index is 2.08. The van der Waals surface area contributed by atoms with Gasteiger partial charge in [0.2, 0.25) is 0 Å². The highest BCUT2D eigenvalue weighted by molar-refractivity contribution is 5.79. The lowest BCUT2D eigenvalue weighted by atomic mass is 9.95. The van der Waals surface area contributed by atoms with Gasteiger partial charge in [0.15, 0.2) is 0 Å². The molecule has 4 heteroatoms. The molecular formula is C12H25N3O. The van der Waals surface area contributed by atoms with E-state index in [1.54, 1.807) is 0 Å². The van der Waals surface area contributed by atoms with Crippen molar-refractivity contribution < 1.29 is 5.21 Å². The predicted octanol–water partition coefficient (Wildman–Crippen LogP) is 2.03. The second-order valence-electron chi connectivity index (χ2n) is 4.77. The van der Waals surface area contributed by atoms with Crippen molar-refractivity contribution in [3.63, 3.8) is 0 Å². The molecule has 1 aliphatic rings. The third-order valence-corrected chi connectivity index (χ3v) is 3.47. The van der Waals surface area contributed by atoms with Crippen LogP contribution in [-0.2, 0) is 0 Å². The number of piperidine rings is 1. The van der Waals surface area contributed by atoms with Gasteiger partial charge in [-0.25, -0.2) is 0 Å². The summed E-state index contributed by atoms with van der Waals surface area (Å²) in [4.78, 5) is 2.56. The van der Waals surface area contributed by atoms with Crippen molar-refractivity contribution in [1.82, 2.24) is 4.90 Å². The molecule has 0 saturated carbocycles. The largest absolute Gasteiger partial charge is 0.409 e. The fourth-order valence-electron chi connectivity index (χ4n) is 2.38. The van der Waals surface area contributed by atoms with Gasteiger partial charge in [0.25, 0.3) is 0 Å². The number of nitrogens with two attached hydrogens (primary N) is 1. The summed E-state index contributed by atoms with van der Waals surface area (Å²) in [5, 5.41) is 11.4. The zero-order valence-corrected chi connectivity index (χ0v) is 10.4. The van der Waals surface area contributed by atoms with E-state index in [0.29, 0.717) is 12.3 Å². The van der Waals surface area contributed by atoms with E-state index in [4.69, 9.17) is 10.9 Å². The van der Waals surface area contributed by atoms with Crippen molar-refractivity contribution in [2.24, 2.45) is 16.8 Å². The molecule has 1 atom stereocenters. The van der Waals surface area contributed by atoms with Crippen LogP contribution >= 0.6 is 0 Å². The van der Waals surface area contributed by atoms with Crippen LogP contribution in [0, 0.1) is 5.92 Å². The van der Waals surface area contributed by atoms with Crippen LogP contribution < -0.4 is 5.73 Å². The lowest BCUT2D eigenvalue weighted by molar-refractivity contribution is 0.169. The Bertz CT molecular complexity index is 218. The number of unbranched alkanes of at least 4 members (excludes halogenated alkanes) is 1. The molecule has 0 aliphatic carbocycles. The second kappa shape index (κ2) is 7.49. The lowest BCUT2D eigenvalue weighted by Crippen LogP contribution is -2.35. The Morgan fingerprint density at radius 3 is 3.00 bits per heavy atom. The molecule has 1 heterocycles. The van der Waals surface area contributed by atoms with E-state index in [9.17, 15) is 0 Å². The van der Waals surface area contributed by atoms with Gasteiger partial charge in [-0.3, -0.25) is 0 Å². The molecule has 1 aliphatic heterocycles. The molecule has 3 N–H and O–H groups in total. The average Bonchev–Trinajstić information content (AvgIpc) is 2.34. The van der Waals surface area contributed by atoms with Gasteiger partial charge >= 0.3 is 0 Å². The number of hydrogen-bond acceptors (Lipinski definition) is 3. The maximum absolute atomic E-state index is 8.40. The molecule has 0 aromatic carbocycles. The normalized spacial score (nSPS) is 23.6. The summed E-state index contributed by atoms with van der Waals surface area (Å²) < 4.78 is 0. The average molecular weight is 227 g/mol. The first-order valence-electron chi connectivity index (χ1n) is 6.45. The minimum atomic E-state index is 0.352. The number of oxime groups is 1. The van der Waals surface area contributed by atoms with Crippen molar-refractivity contribution in [2.45, 2.75) is 45.4 Å². The van der Waals surface area contributed by atoms with Crippen molar-refractivity contribution >= 4 is 5.84 Å². The van der Waals surface area contributed by atoms with Gasteiger partial charge in [-0.2, -0.15) is 0 Å². The van der Waals surface area contributed by atoms with Crippen LogP contribution in [0.5, 0.6) is 0 Å². The maximum Gasteiger partial charge on any atom is 0.139 e. The smallest absolute Gasteiger partial charge is 0.139 e. The van der Waals surface area contributed by atoms with E-state index in [1.165, 1.54) is 32.4 Å². The topological polar surface area (TPSA) is 61.8 Å². The van der Waals surface area contributed by atoms with Crippen LogP contribution in [-0.4, -0.2) is 35.6 Å². The summed E-state index contributed by atoms with van der Waals surface area (Å²) in [7, 11) is 0. The van der Waals surface area contributed by atoms with Gasteiger partial charge in [-0.05, 0) is 44.7 Å². The van der Waals surface area contributed by atoms with Crippen molar-refractivity contribution in [1.29, 1.82) is 0 Å². The summed E-state index contributed by atoms with van der Waals surface area (Å²) in [6.45, 7) is 5.96. The van der Waals surface area contributed by atoms with E-state index in [-0.39, 0.29) is 0 Å². The Morgan fingerprint density at radius 1 is 1.50 bits per heavy atom. The van der Waals surface area contributed by atoms with Crippen LogP contribution in [0.25, 0.3) is 0 Å². The molecule has 1 saturated heterocycles. The molecule has 1 rings (SSSR count). The van der Waals surface area contributed by atoms with Gasteiger partial charge in [-0.1, -0.05) is 18.5 Å². The summed E-state index contributed by atoms with van der Waals surface area (Å²) in [5.41, 5.74) is 5.42. The third-order valence-electron chi connectivity index (χ3n) is 3.47. The van der Waals surface area contributed by atoms with Crippen molar-refractivity contribution in [3.05, 3.63) is 0 Å². The summed E-state index contributed by atoms with van der Waals surface area (Å²) in [6, 6.07) is 0. The van der Waals surface area contributed by atoms with E-state index in [2.05, 4.69) is 17.0 Å². The monoisotopic (exact) mass is 227 g/mol. The molecular weight excluding hydrogens is 202 g/mol. The number of hydrogen-bond donors (Lipinski definition) is 2. The molecule has 1 unspecified atom stereocenters. The molecule has 0 bridgehead atoms. The molecule has 0 spiro atoms. The number of rotatable bonds is 6. The highest BCUT2D eigenvalue weighted by Gasteiger charge is 2.17. The van der Waals surface area contributed by atoms with Crippen molar-refractivity contribution in [3.8, 4) is 0 Å². The lowest BCUT2D eigenvalue weighted by Gasteiger charge is -2.32. The van der Waals surface area contributed by atoms with Crippen molar-refractivity contribution in [2.75, 3.05) is 19.6 Å². The van der Waals surface area contributed by atoms with Gasteiger partial charge in [-0.15, -0.1) is 0 Å². The summed E-state index contributed by atoms with van der Waals surface area (Å²) in [6.07, 6.45) is 6.92. The fourth-order valence-corrected chi connectivity index (χ4v) is 2.38. The molecule has 1 fully saturated rings. The molecule has 0 aromatic rings. The van der Waals surface area contributed by atoms with E-state index < -0.39 is 0 Å². The third kappa shape index (κ3) is 4.84. The Morgan fingerprint density at radius 2 is 2.31 bits per heavy atom. The highest BCUT2D eigenvalue weighted by atomic mass is 16.4. The first-order chi connectivity index (χ1) is 7.76. The van der Waals surface area contributed by atoms with E-state index >= 15 is 0 Å². The Hall–Kier alpha value is -0.770. The predicted molar refractivity (Wildman–Crippen MR) is 66.7 cm³/mol. The minimum Gasteiger partial charge on any atom is -0.409 e. The SMILES string of the molecule is CCC1CCCN(CCCC/C(N)=N/O)C1. The summed E-state index contributed by atoms with van der Waals surface area (Å²) >= 11 is 0. The zero-order chi connectivity index (χ0) is 11.8. The van der Waals surface area contributed by atoms with Gasteiger partial charge < -0.3 is 15.8 Å². The first kappa shape index (κ1) is 13.3.